The molecule has 33 heavy (non-hydrogen) atoms. The molecule has 1 aliphatic rings. The average Bonchev–Trinajstić information content (AvgIpc) is 2.82. The number of amides is 2. The van der Waals surface area contributed by atoms with Crippen molar-refractivity contribution in [1.29, 1.82) is 0 Å². The molecule has 0 saturated carbocycles. The van der Waals surface area contributed by atoms with Crippen LogP contribution in [0.1, 0.15) is 42.6 Å². The van der Waals surface area contributed by atoms with Crippen LogP contribution in [0.3, 0.4) is 0 Å². The van der Waals surface area contributed by atoms with Gasteiger partial charge < -0.3 is 19.7 Å². The first-order chi connectivity index (χ1) is 15.9. The molecule has 1 N–H and O–H groups in total. The predicted molar refractivity (Wildman–Crippen MR) is 125 cm³/mol. The van der Waals surface area contributed by atoms with Crippen LogP contribution in [0.4, 0.5) is 0 Å². The molecule has 0 spiro atoms. The smallest absolute Gasteiger partial charge is 0.308 e. The Labute approximate surface area is 195 Å². The molecule has 2 amide bonds. The molecule has 2 aromatic carbocycles. The first kappa shape index (κ1) is 24.3. The van der Waals surface area contributed by atoms with Crippen LogP contribution >= 0.6 is 0 Å². The summed E-state index contributed by atoms with van der Waals surface area (Å²) in [5.41, 5.74) is 1.60. The van der Waals surface area contributed by atoms with Gasteiger partial charge in [0.2, 0.25) is 5.91 Å². The molecule has 0 radical (unpaired) electrons. The lowest BCUT2D eigenvalue weighted by molar-refractivity contribution is -0.147. The number of nitrogens with one attached hydrogen (secondary N) is 1. The van der Waals surface area contributed by atoms with Crippen molar-refractivity contribution in [3.05, 3.63) is 65.7 Å². The Morgan fingerprint density at radius 1 is 1.12 bits per heavy atom. The lowest BCUT2D eigenvalue weighted by Gasteiger charge is -2.34. The molecule has 3 rings (SSSR count). The third-order valence-corrected chi connectivity index (χ3v) is 5.33. The van der Waals surface area contributed by atoms with Crippen molar-refractivity contribution >= 4 is 17.8 Å². The van der Waals surface area contributed by atoms with Crippen molar-refractivity contribution in [2.75, 3.05) is 26.3 Å². The second kappa shape index (κ2) is 12.0. The van der Waals surface area contributed by atoms with Crippen molar-refractivity contribution in [3.8, 4) is 5.75 Å². The number of benzene rings is 2. The summed E-state index contributed by atoms with van der Waals surface area (Å²) in [4.78, 5) is 39.5. The number of esters is 1. The lowest BCUT2D eigenvalue weighted by Crippen LogP contribution is -2.57. The third kappa shape index (κ3) is 7.34. The Hall–Kier alpha value is -3.35. The molecule has 0 bridgehead atoms. The topological polar surface area (TPSA) is 84.9 Å². The summed E-state index contributed by atoms with van der Waals surface area (Å²) in [6.07, 6.45) is 1.32. The van der Waals surface area contributed by atoms with Crippen LogP contribution in [-0.4, -0.2) is 55.0 Å². The van der Waals surface area contributed by atoms with E-state index >= 15 is 0 Å². The quantitative estimate of drug-likeness (QED) is 0.442. The van der Waals surface area contributed by atoms with Crippen LogP contribution in [0.2, 0.25) is 0 Å². The highest BCUT2D eigenvalue weighted by Gasteiger charge is 2.35. The number of carbonyl (C=O) groups excluding carboxylic acids is 3. The Morgan fingerprint density at radius 3 is 2.67 bits per heavy atom. The second-order valence-corrected chi connectivity index (χ2v) is 8.55. The Kier molecular flexibility index (Phi) is 8.87. The first-order valence-electron chi connectivity index (χ1n) is 11.4. The number of ether oxygens (including phenoxy) is 2. The van der Waals surface area contributed by atoms with Crippen molar-refractivity contribution in [1.82, 2.24) is 10.2 Å². The van der Waals surface area contributed by atoms with Gasteiger partial charge >= 0.3 is 5.97 Å². The number of hydrogen-bond donors (Lipinski definition) is 1. The summed E-state index contributed by atoms with van der Waals surface area (Å²) >= 11 is 0. The molecule has 1 unspecified atom stereocenters. The predicted octanol–water partition coefficient (Wildman–Crippen LogP) is 3.23. The average molecular weight is 453 g/mol. The van der Waals surface area contributed by atoms with Crippen LogP contribution in [0.5, 0.6) is 5.75 Å². The summed E-state index contributed by atoms with van der Waals surface area (Å²) in [7, 11) is 0. The summed E-state index contributed by atoms with van der Waals surface area (Å²) in [6.45, 7) is 5.58. The fourth-order valence-corrected chi connectivity index (χ4v) is 3.63. The molecule has 1 saturated heterocycles. The standard InChI is InChI=1S/C26H32N2O5/c1-19(2)18-33-22-12-6-11-21(16-22)26(31)28-14-13-27-25(30)23(28)17-24(29)32-15-7-10-20-8-4-3-5-9-20/h3-6,8-9,11-12,16,19,23H,7,10,13-15,17-18H2,1-2H3,(H,27,30). The number of rotatable bonds is 10. The van der Waals surface area contributed by atoms with Crippen LogP contribution in [0.25, 0.3) is 0 Å². The maximum atomic E-state index is 13.2. The fourth-order valence-electron chi connectivity index (χ4n) is 3.63. The highest BCUT2D eigenvalue weighted by molar-refractivity contribution is 5.99. The Balaban J connectivity index is 1.57. The summed E-state index contributed by atoms with van der Waals surface area (Å²) < 4.78 is 11.1. The van der Waals surface area contributed by atoms with Gasteiger partial charge in [-0.15, -0.1) is 0 Å². The largest absolute Gasteiger partial charge is 0.493 e. The van der Waals surface area contributed by atoms with Gasteiger partial charge in [-0.3, -0.25) is 14.4 Å². The number of nitrogens with zero attached hydrogens (tertiary/aromatic N) is 1. The van der Waals surface area contributed by atoms with Gasteiger partial charge in [0.05, 0.1) is 19.6 Å². The van der Waals surface area contributed by atoms with Gasteiger partial charge in [0.15, 0.2) is 0 Å². The molecule has 1 atom stereocenters. The van der Waals surface area contributed by atoms with Crippen molar-refractivity contribution < 1.29 is 23.9 Å². The fraction of sp³-hybridized carbons (Fsp3) is 0.423. The number of aryl methyl sites for hydroxylation is 1. The lowest BCUT2D eigenvalue weighted by atomic mass is 10.1. The molecular weight excluding hydrogens is 420 g/mol. The van der Waals surface area contributed by atoms with Gasteiger partial charge in [-0.25, -0.2) is 0 Å². The molecule has 176 valence electrons. The van der Waals surface area contributed by atoms with Gasteiger partial charge in [0.1, 0.15) is 11.8 Å². The summed E-state index contributed by atoms with van der Waals surface area (Å²) in [6, 6.07) is 16.0. The van der Waals surface area contributed by atoms with E-state index < -0.39 is 12.0 Å². The Bertz CT molecular complexity index is 945. The first-order valence-corrected chi connectivity index (χ1v) is 11.4. The molecule has 1 heterocycles. The molecular formula is C26H32N2O5. The van der Waals surface area contributed by atoms with E-state index in [2.05, 4.69) is 5.32 Å². The minimum absolute atomic E-state index is 0.174. The number of piperazine rings is 1. The molecule has 1 fully saturated rings. The zero-order chi connectivity index (χ0) is 23.6. The van der Waals surface area contributed by atoms with E-state index in [4.69, 9.17) is 9.47 Å². The summed E-state index contributed by atoms with van der Waals surface area (Å²) in [5.74, 6) is -0.176. The van der Waals surface area contributed by atoms with E-state index in [1.807, 2.05) is 44.2 Å². The van der Waals surface area contributed by atoms with Crippen LogP contribution in [-0.2, 0) is 20.7 Å². The van der Waals surface area contributed by atoms with Gasteiger partial charge in [-0.2, -0.15) is 0 Å². The third-order valence-electron chi connectivity index (χ3n) is 5.33. The minimum atomic E-state index is -0.895. The second-order valence-electron chi connectivity index (χ2n) is 8.55. The highest BCUT2D eigenvalue weighted by Crippen LogP contribution is 2.19. The van der Waals surface area contributed by atoms with E-state index in [0.29, 0.717) is 43.3 Å². The van der Waals surface area contributed by atoms with E-state index in [1.54, 1.807) is 24.3 Å². The molecule has 7 heteroatoms. The van der Waals surface area contributed by atoms with E-state index in [9.17, 15) is 14.4 Å². The van der Waals surface area contributed by atoms with Crippen LogP contribution in [0, 0.1) is 5.92 Å². The van der Waals surface area contributed by atoms with Gasteiger partial charge in [0.25, 0.3) is 5.91 Å². The number of carbonyl (C=O) groups is 3. The molecule has 0 aliphatic carbocycles. The van der Waals surface area contributed by atoms with E-state index in [1.165, 1.54) is 10.5 Å². The zero-order valence-corrected chi connectivity index (χ0v) is 19.3. The number of hydrogen-bond acceptors (Lipinski definition) is 5. The molecule has 0 aromatic heterocycles. The zero-order valence-electron chi connectivity index (χ0n) is 19.3. The minimum Gasteiger partial charge on any atom is -0.493 e. The maximum absolute atomic E-state index is 13.2. The highest BCUT2D eigenvalue weighted by atomic mass is 16.5. The van der Waals surface area contributed by atoms with Gasteiger partial charge in [0, 0.05) is 18.7 Å². The van der Waals surface area contributed by atoms with Crippen molar-refractivity contribution in [2.24, 2.45) is 5.92 Å². The molecule has 7 nitrogen and oxygen atoms in total. The van der Waals surface area contributed by atoms with Crippen molar-refractivity contribution in [3.63, 3.8) is 0 Å². The molecule has 1 aliphatic heterocycles. The van der Waals surface area contributed by atoms with E-state index in [0.717, 1.165) is 6.42 Å². The Morgan fingerprint density at radius 2 is 1.91 bits per heavy atom. The van der Waals surface area contributed by atoms with Gasteiger partial charge in [-0.05, 0) is 42.5 Å². The van der Waals surface area contributed by atoms with Crippen molar-refractivity contribution in [2.45, 2.75) is 39.2 Å². The van der Waals surface area contributed by atoms with Crippen LogP contribution in [0.15, 0.2) is 54.6 Å². The SMILES string of the molecule is CC(C)COc1cccc(C(=O)N2CCNC(=O)C2CC(=O)OCCCc2ccccc2)c1. The monoisotopic (exact) mass is 452 g/mol. The maximum Gasteiger partial charge on any atom is 0.308 e. The van der Waals surface area contributed by atoms with Gasteiger partial charge in [-0.1, -0.05) is 50.2 Å². The normalized spacial score (nSPS) is 15.8. The van der Waals surface area contributed by atoms with Crippen LogP contribution < -0.4 is 10.1 Å². The molecule has 2 aromatic rings. The van der Waals surface area contributed by atoms with E-state index in [-0.39, 0.29) is 24.8 Å². The summed E-state index contributed by atoms with van der Waals surface area (Å²) in [5, 5.41) is 2.74.